The molecule has 16 heavy (non-hydrogen) atoms. The van der Waals surface area contributed by atoms with Gasteiger partial charge in [-0.25, -0.2) is 8.78 Å². The summed E-state index contributed by atoms with van der Waals surface area (Å²) in [7, 11) is 0. The highest BCUT2D eigenvalue weighted by molar-refractivity contribution is 7.10. The topological polar surface area (TPSA) is 12.0 Å². The molecule has 0 atom stereocenters. The summed E-state index contributed by atoms with van der Waals surface area (Å²) in [5.41, 5.74) is 0.545. The van der Waals surface area contributed by atoms with E-state index < -0.39 is 11.6 Å². The summed E-state index contributed by atoms with van der Waals surface area (Å²) < 4.78 is 25.5. The first-order valence-corrected chi connectivity index (χ1v) is 5.83. The Bertz CT molecular complexity index is 498. The summed E-state index contributed by atoms with van der Waals surface area (Å²) in [5, 5.41) is 5.50. The molecule has 84 valence electrons. The number of hydrogen-bond donors (Lipinski definition) is 1. The highest BCUT2D eigenvalue weighted by atomic mass is 35.5. The maximum absolute atomic E-state index is 12.9. The fourth-order valence-corrected chi connectivity index (χ4v) is 2.25. The zero-order chi connectivity index (χ0) is 11.5. The number of halogens is 3. The summed E-state index contributed by atoms with van der Waals surface area (Å²) in [6.45, 7) is 0.544. The van der Waals surface area contributed by atoms with Crippen molar-refractivity contribution in [3.05, 3.63) is 51.2 Å². The van der Waals surface area contributed by atoms with E-state index in [9.17, 15) is 8.78 Å². The van der Waals surface area contributed by atoms with Gasteiger partial charge in [0.25, 0.3) is 0 Å². The molecule has 0 saturated heterocycles. The van der Waals surface area contributed by atoms with Gasteiger partial charge in [0.1, 0.15) is 0 Å². The SMILES string of the molecule is Fc1ccc(NCc2cc(Cl)cs2)cc1F. The molecule has 5 heteroatoms. The van der Waals surface area contributed by atoms with Gasteiger partial charge >= 0.3 is 0 Å². The van der Waals surface area contributed by atoms with E-state index in [-0.39, 0.29) is 0 Å². The lowest BCUT2D eigenvalue weighted by molar-refractivity contribution is 0.509. The van der Waals surface area contributed by atoms with E-state index in [2.05, 4.69) is 5.32 Å². The van der Waals surface area contributed by atoms with Crippen molar-refractivity contribution in [3.8, 4) is 0 Å². The van der Waals surface area contributed by atoms with Crippen LogP contribution in [0.5, 0.6) is 0 Å². The molecule has 2 aromatic rings. The molecule has 0 amide bonds. The number of anilines is 1. The standard InChI is InChI=1S/C11H8ClF2NS/c12-7-3-9(16-6-7)5-15-8-1-2-10(13)11(14)4-8/h1-4,6,15H,5H2. The van der Waals surface area contributed by atoms with Crippen LogP contribution in [0, 0.1) is 11.6 Å². The molecule has 0 unspecified atom stereocenters. The van der Waals surface area contributed by atoms with Gasteiger partial charge < -0.3 is 5.32 Å². The van der Waals surface area contributed by atoms with E-state index in [1.165, 1.54) is 17.4 Å². The second kappa shape index (κ2) is 4.80. The molecular formula is C11H8ClF2NS. The lowest BCUT2D eigenvalue weighted by Gasteiger charge is -2.04. The molecule has 0 saturated carbocycles. The summed E-state index contributed by atoms with van der Waals surface area (Å²) in [4.78, 5) is 1.04. The molecule has 1 nitrogen and oxygen atoms in total. The Hall–Kier alpha value is -1.13. The molecule has 0 bridgehead atoms. The fraction of sp³-hybridized carbons (Fsp3) is 0.0909. The van der Waals surface area contributed by atoms with Crippen LogP contribution in [0.3, 0.4) is 0 Å². The van der Waals surface area contributed by atoms with Crippen LogP contribution in [0.15, 0.2) is 29.6 Å². The van der Waals surface area contributed by atoms with E-state index >= 15 is 0 Å². The number of thiophene rings is 1. The number of nitrogens with one attached hydrogen (secondary N) is 1. The average Bonchev–Trinajstić information content (AvgIpc) is 2.66. The first-order chi connectivity index (χ1) is 7.65. The molecule has 0 aliphatic rings. The van der Waals surface area contributed by atoms with Crippen molar-refractivity contribution in [2.45, 2.75) is 6.54 Å². The van der Waals surface area contributed by atoms with Gasteiger partial charge in [0.2, 0.25) is 0 Å². The van der Waals surface area contributed by atoms with E-state index in [1.807, 2.05) is 11.4 Å². The molecule has 1 N–H and O–H groups in total. The van der Waals surface area contributed by atoms with Crippen LogP contribution in [0.1, 0.15) is 4.88 Å². The lowest BCUT2D eigenvalue weighted by atomic mass is 10.3. The molecule has 2 rings (SSSR count). The third kappa shape index (κ3) is 2.71. The summed E-state index contributed by atoms with van der Waals surface area (Å²) in [6, 6.07) is 5.55. The van der Waals surface area contributed by atoms with Gasteiger partial charge in [-0.3, -0.25) is 0 Å². The Morgan fingerprint density at radius 1 is 1.19 bits per heavy atom. The van der Waals surface area contributed by atoms with Crippen LogP contribution >= 0.6 is 22.9 Å². The third-order valence-corrected chi connectivity index (χ3v) is 3.29. The Kier molecular flexibility index (Phi) is 3.41. The van der Waals surface area contributed by atoms with Crippen LogP contribution in [-0.4, -0.2) is 0 Å². The van der Waals surface area contributed by atoms with Crippen molar-refractivity contribution < 1.29 is 8.78 Å². The van der Waals surface area contributed by atoms with E-state index in [0.29, 0.717) is 17.3 Å². The van der Waals surface area contributed by atoms with Gasteiger partial charge in [-0.2, -0.15) is 0 Å². The zero-order valence-corrected chi connectivity index (χ0v) is 9.71. The summed E-state index contributed by atoms with van der Waals surface area (Å²) in [6.07, 6.45) is 0. The van der Waals surface area contributed by atoms with Crippen LogP contribution in [0.25, 0.3) is 0 Å². The minimum Gasteiger partial charge on any atom is -0.380 e. The highest BCUT2D eigenvalue weighted by Gasteiger charge is 2.03. The van der Waals surface area contributed by atoms with Gasteiger partial charge in [0, 0.05) is 28.6 Å². The van der Waals surface area contributed by atoms with Crippen LogP contribution in [-0.2, 0) is 6.54 Å². The Labute approximate surface area is 101 Å². The van der Waals surface area contributed by atoms with E-state index in [4.69, 9.17) is 11.6 Å². The van der Waals surface area contributed by atoms with Crippen molar-refractivity contribution in [2.24, 2.45) is 0 Å². The fourth-order valence-electron chi connectivity index (χ4n) is 1.24. The van der Waals surface area contributed by atoms with Crippen molar-refractivity contribution in [1.29, 1.82) is 0 Å². The Morgan fingerprint density at radius 2 is 2.00 bits per heavy atom. The van der Waals surface area contributed by atoms with Gasteiger partial charge in [-0.15, -0.1) is 11.3 Å². The van der Waals surface area contributed by atoms with Gasteiger partial charge in [0.15, 0.2) is 11.6 Å². The average molecular weight is 260 g/mol. The van der Waals surface area contributed by atoms with Crippen LogP contribution < -0.4 is 5.32 Å². The number of rotatable bonds is 3. The zero-order valence-electron chi connectivity index (χ0n) is 8.14. The van der Waals surface area contributed by atoms with Gasteiger partial charge in [-0.1, -0.05) is 11.6 Å². The minimum absolute atomic E-state index is 0.544. The molecule has 1 aromatic carbocycles. The summed E-state index contributed by atoms with van der Waals surface area (Å²) in [5.74, 6) is -1.70. The second-order valence-electron chi connectivity index (χ2n) is 3.21. The summed E-state index contributed by atoms with van der Waals surface area (Å²) >= 11 is 7.28. The molecule has 0 fully saturated rings. The van der Waals surface area contributed by atoms with Crippen molar-refractivity contribution in [3.63, 3.8) is 0 Å². The van der Waals surface area contributed by atoms with Crippen molar-refractivity contribution in [1.82, 2.24) is 0 Å². The predicted molar refractivity (Wildman–Crippen MR) is 63.0 cm³/mol. The third-order valence-electron chi connectivity index (χ3n) is 2.01. The predicted octanol–water partition coefficient (Wildman–Crippen LogP) is 4.29. The van der Waals surface area contributed by atoms with Gasteiger partial charge in [-0.05, 0) is 18.2 Å². The molecule has 0 aliphatic carbocycles. The molecule has 1 heterocycles. The molecule has 1 aromatic heterocycles. The molecule has 0 aliphatic heterocycles. The Balaban J connectivity index is 2.02. The maximum atomic E-state index is 12.9. The maximum Gasteiger partial charge on any atom is 0.160 e. The largest absolute Gasteiger partial charge is 0.380 e. The normalized spacial score (nSPS) is 10.4. The molecule has 0 radical (unpaired) electrons. The van der Waals surface area contributed by atoms with E-state index in [1.54, 1.807) is 0 Å². The smallest absolute Gasteiger partial charge is 0.160 e. The second-order valence-corrected chi connectivity index (χ2v) is 4.65. The number of benzene rings is 1. The van der Waals surface area contributed by atoms with Crippen LogP contribution in [0.4, 0.5) is 14.5 Å². The minimum atomic E-state index is -0.853. The highest BCUT2D eigenvalue weighted by Crippen LogP contribution is 2.20. The first-order valence-electron chi connectivity index (χ1n) is 4.57. The monoisotopic (exact) mass is 259 g/mol. The first kappa shape index (κ1) is 11.4. The lowest BCUT2D eigenvalue weighted by Crippen LogP contribution is -1.98. The Morgan fingerprint density at radius 3 is 2.62 bits per heavy atom. The van der Waals surface area contributed by atoms with Gasteiger partial charge in [0.05, 0.1) is 5.02 Å². The van der Waals surface area contributed by atoms with E-state index in [0.717, 1.165) is 17.0 Å². The number of hydrogen-bond acceptors (Lipinski definition) is 2. The molecule has 0 spiro atoms. The van der Waals surface area contributed by atoms with Crippen LogP contribution in [0.2, 0.25) is 5.02 Å². The molecular weight excluding hydrogens is 252 g/mol. The quantitative estimate of drug-likeness (QED) is 0.867. The van der Waals surface area contributed by atoms with Crippen molar-refractivity contribution in [2.75, 3.05) is 5.32 Å². The van der Waals surface area contributed by atoms with Crippen molar-refractivity contribution >= 4 is 28.6 Å².